The summed E-state index contributed by atoms with van der Waals surface area (Å²) >= 11 is 1.81. The number of rotatable bonds is 8. The minimum absolute atomic E-state index is 0. The minimum Gasteiger partial charge on any atom is -0.497 e. The molecule has 8 heteroatoms. The summed E-state index contributed by atoms with van der Waals surface area (Å²) in [6.45, 7) is 5.73. The molecule has 1 saturated heterocycles. The van der Waals surface area contributed by atoms with Gasteiger partial charge in [-0.3, -0.25) is 4.99 Å². The molecule has 0 saturated carbocycles. The number of methoxy groups -OCH3 is 2. The van der Waals surface area contributed by atoms with Crippen molar-refractivity contribution < 1.29 is 9.47 Å². The molecular weight excluding hydrogens is 463 g/mol. The number of benzene rings is 1. The van der Waals surface area contributed by atoms with E-state index < -0.39 is 0 Å². The Morgan fingerprint density at radius 2 is 1.96 bits per heavy atom. The molecule has 1 aromatic carbocycles. The Labute approximate surface area is 178 Å². The number of ether oxygens (including phenoxy) is 2. The largest absolute Gasteiger partial charge is 0.497 e. The molecule has 0 amide bonds. The number of nitrogens with zero attached hydrogens (tertiary/aromatic N) is 2. The molecule has 0 aliphatic carbocycles. The molecule has 2 rings (SSSR count). The molecule has 0 spiro atoms. The monoisotopic (exact) mass is 494 g/mol. The van der Waals surface area contributed by atoms with Crippen LogP contribution < -0.4 is 25.0 Å². The summed E-state index contributed by atoms with van der Waals surface area (Å²) in [7, 11) is 3.36. The Balaban J connectivity index is 0.00000338. The number of hydrogen-bond donors (Lipinski definition) is 2. The second-order valence-corrected chi connectivity index (χ2v) is 6.89. The summed E-state index contributed by atoms with van der Waals surface area (Å²) in [5, 5.41) is 6.89. The molecule has 6 nitrogen and oxygen atoms in total. The predicted molar refractivity (Wildman–Crippen MR) is 123 cm³/mol. The van der Waals surface area contributed by atoms with E-state index in [-0.39, 0.29) is 24.0 Å². The van der Waals surface area contributed by atoms with Gasteiger partial charge in [-0.05, 0) is 19.6 Å². The van der Waals surface area contributed by atoms with E-state index in [4.69, 9.17) is 9.47 Å². The lowest BCUT2D eigenvalue weighted by molar-refractivity contribution is 0.394. The van der Waals surface area contributed by atoms with Crippen molar-refractivity contribution in [3.05, 3.63) is 18.2 Å². The van der Waals surface area contributed by atoms with Crippen molar-refractivity contribution in [2.45, 2.75) is 19.4 Å². The number of hydrogen-bond acceptors (Lipinski definition) is 5. The number of halogens is 1. The molecular formula is C18H31IN4O2S. The van der Waals surface area contributed by atoms with E-state index in [9.17, 15) is 0 Å². The van der Waals surface area contributed by atoms with Gasteiger partial charge in [0.2, 0.25) is 0 Å². The molecule has 1 heterocycles. The molecule has 1 aliphatic heterocycles. The molecule has 1 unspecified atom stereocenters. The summed E-state index contributed by atoms with van der Waals surface area (Å²) in [5.74, 6) is 3.58. The summed E-state index contributed by atoms with van der Waals surface area (Å²) in [5.41, 5.74) is 1.13. The van der Waals surface area contributed by atoms with Gasteiger partial charge in [0.15, 0.2) is 5.96 Å². The third-order valence-electron chi connectivity index (χ3n) is 4.14. The van der Waals surface area contributed by atoms with E-state index in [1.165, 1.54) is 0 Å². The third-order valence-corrected chi connectivity index (χ3v) is 4.73. The van der Waals surface area contributed by atoms with Crippen LogP contribution in [0.2, 0.25) is 0 Å². The lowest BCUT2D eigenvalue weighted by atomic mass is 10.2. The first-order valence-corrected chi connectivity index (χ1v) is 10.1. The van der Waals surface area contributed by atoms with Crippen LogP contribution in [0.4, 0.5) is 5.69 Å². The van der Waals surface area contributed by atoms with E-state index in [1.54, 1.807) is 14.2 Å². The van der Waals surface area contributed by atoms with Crippen LogP contribution in [0.25, 0.3) is 0 Å². The first-order valence-electron chi connectivity index (χ1n) is 8.72. The van der Waals surface area contributed by atoms with Crippen molar-refractivity contribution in [3.8, 4) is 11.5 Å². The topological polar surface area (TPSA) is 58.1 Å². The normalized spacial score (nSPS) is 16.8. The van der Waals surface area contributed by atoms with Crippen LogP contribution in [0.3, 0.4) is 0 Å². The van der Waals surface area contributed by atoms with Crippen molar-refractivity contribution >= 4 is 47.4 Å². The average Bonchev–Trinajstić information content (AvgIpc) is 3.10. The van der Waals surface area contributed by atoms with Gasteiger partial charge in [-0.2, -0.15) is 11.8 Å². The van der Waals surface area contributed by atoms with Gasteiger partial charge in [0, 0.05) is 55.3 Å². The second-order valence-electron chi connectivity index (χ2n) is 5.90. The highest BCUT2D eigenvalue weighted by Gasteiger charge is 2.24. The van der Waals surface area contributed by atoms with Crippen molar-refractivity contribution in [2.24, 2.45) is 4.99 Å². The number of thioether (sulfide) groups is 1. The number of nitrogens with one attached hydrogen (secondary N) is 2. The van der Waals surface area contributed by atoms with Gasteiger partial charge in [0.05, 0.1) is 20.8 Å². The van der Waals surface area contributed by atoms with Crippen LogP contribution in [0.5, 0.6) is 11.5 Å². The zero-order valence-electron chi connectivity index (χ0n) is 16.1. The maximum absolute atomic E-state index is 5.38. The average molecular weight is 494 g/mol. The maximum Gasteiger partial charge on any atom is 0.191 e. The van der Waals surface area contributed by atoms with Crippen molar-refractivity contribution in [3.63, 3.8) is 0 Å². The highest BCUT2D eigenvalue weighted by molar-refractivity contribution is 14.0. The Bertz CT molecular complexity index is 552. The van der Waals surface area contributed by atoms with Crippen molar-refractivity contribution in [1.29, 1.82) is 0 Å². The lowest BCUT2D eigenvalue weighted by Gasteiger charge is -2.21. The fourth-order valence-corrected chi connectivity index (χ4v) is 3.12. The Morgan fingerprint density at radius 1 is 1.27 bits per heavy atom. The third kappa shape index (κ3) is 6.94. The van der Waals surface area contributed by atoms with Gasteiger partial charge in [0.1, 0.15) is 11.5 Å². The quantitative estimate of drug-likeness (QED) is 0.251. The smallest absolute Gasteiger partial charge is 0.191 e. The van der Waals surface area contributed by atoms with Crippen LogP contribution in [-0.2, 0) is 0 Å². The Morgan fingerprint density at radius 3 is 2.54 bits per heavy atom. The highest BCUT2D eigenvalue weighted by atomic mass is 127. The molecule has 148 valence electrons. The van der Waals surface area contributed by atoms with Crippen LogP contribution >= 0.6 is 35.7 Å². The number of guanidine groups is 1. The summed E-state index contributed by atoms with van der Waals surface area (Å²) in [6, 6.07) is 6.40. The van der Waals surface area contributed by atoms with E-state index in [0.29, 0.717) is 6.04 Å². The Hall–Kier alpha value is -1.03. The second kappa shape index (κ2) is 12.4. The van der Waals surface area contributed by atoms with Crippen molar-refractivity contribution in [1.82, 2.24) is 10.6 Å². The Kier molecular flexibility index (Phi) is 11.0. The molecule has 26 heavy (non-hydrogen) atoms. The first-order chi connectivity index (χ1) is 12.2. The van der Waals surface area contributed by atoms with Gasteiger partial charge in [-0.25, -0.2) is 0 Å². The molecule has 1 aromatic rings. The fraction of sp³-hybridized carbons (Fsp3) is 0.611. The fourth-order valence-electron chi connectivity index (χ4n) is 2.85. The van der Waals surface area contributed by atoms with Crippen LogP contribution in [0, 0.1) is 0 Å². The van der Waals surface area contributed by atoms with Crippen LogP contribution in [0.1, 0.15) is 13.3 Å². The molecule has 1 aliphatic rings. The minimum atomic E-state index is 0. The van der Waals surface area contributed by atoms with E-state index in [2.05, 4.69) is 45.8 Å². The molecule has 0 aromatic heterocycles. The molecule has 1 atom stereocenters. The zero-order chi connectivity index (χ0) is 18.1. The predicted octanol–water partition coefficient (Wildman–Crippen LogP) is 2.82. The van der Waals surface area contributed by atoms with Gasteiger partial charge < -0.3 is 25.0 Å². The standard InChI is InChI=1S/C18H30N4O2S.HI/c1-5-19-18(20-7-9-25-4)21-14-6-8-22(13-14)15-10-16(23-2)12-17(11-15)24-3;/h10-12,14H,5-9,13H2,1-4H3,(H2,19,20,21);1H. The van der Waals surface area contributed by atoms with Gasteiger partial charge >= 0.3 is 0 Å². The van der Waals surface area contributed by atoms with Gasteiger partial charge in [-0.15, -0.1) is 24.0 Å². The molecule has 0 bridgehead atoms. The van der Waals surface area contributed by atoms with E-state index in [0.717, 1.165) is 61.5 Å². The first kappa shape index (κ1) is 23.0. The number of aliphatic imine (C=N–C) groups is 1. The van der Waals surface area contributed by atoms with Crippen LogP contribution in [0.15, 0.2) is 23.2 Å². The highest BCUT2D eigenvalue weighted by Crippen LogP contribution is 2.30. The summed E-state index contributed by atoms with van der Waals surface area (Å²) in [6.07, 6.45) is 3.18. The van der Waals surface area contributed by atoms with Gasteiger partial charge in [-0.1, -0.05) is 0 Å². The molecule has 1 fully saturated rings. The van der Waals surface area contributed by atoms with Gasteiger partial charge in [0.25, 0.3) is 0 Å². The molecule has 2 N–H and O–H groups in total. The summed E-state index contributed by atoms with van der Waals surface area (Å²) in [4.78, 5) is 6.99. The SMILES string of the molecule is CCNC(=NCCSC)NC1CCN(c2cc(OC)cc(OC)c2)C1.I. The number of anilines is 1. The maximum atomic E-state index is 5.38. The van der Waals surface area contributed by atoms with Crippen molar-refractivity contribution in [2.75, 3.05) is 57.3 Å². The summed E-state index contributed by atoms with van der Waals surface area (Å²) < 4.78 is 10.8. The lowest BCUT2D eigenvalue weighted by Crippen LogP contribution is -2.44. The van der Waals surface area contributed by atoms with E-state index in [1.807, 2.05) is 17.8 Å². The van der Waals surface area contributed by atoms with E-state index >= 15 is 0 Å². The molecule has 0 radical (unpaired) electrons. The zero-order valence-corrected chi connectivity index (χ0v) is 19.2. The van der Waals surface area contributed by atoms with Crippen LogP contribution in [-0.4, -0.2) is 64.4 Å².